The van der Waals surface area contributed by atoms with Gasteiger partial charge < -0.3 is 10.2 Å². The average Bonchev–Trinajstić information content (AvgIpc) is 2.85. The Hall–Kier alpha value is -1.39. The first-order valence-electron chi connectivity index (χ1n) is 6.49. The van der Waals surface area contributed by atoms with Crippen LogP contribution in [0.25, 0.3) is 0 Å². The number of rotatable bonds is 1. The monoisotopic (exact) mass is 245 g/mol. The van der Waals surface area contributed by atoms with Crippen LogP contribution in [0.15, 0.2) is 30.3 Å². The van der Waals surface area contributed by atoms with Crippen LogP contribution in [-0.4, -0.2) is 49.6 Å². The highest BCUT2D eigenvalue weighted by atomic mass is 16.2. The van der Waals surface area contributed by atoms with Gasteiger partial charge in [0.15, 0.2) is 0 Å². The van der Waals surface area contributed by atoms with E-state index in [0.717, 1.165) is 31.7 Å². The molecule has 1 aromatic rings. The van der Waals surface area contributed by atoms with Gasteiger partial charge in [-0.05, 0) is 32.1 Å². The van der Waals surface area contributed by atoms with Crippen molar-refractivity contribution in [1.82, 2.24) is 10.2 Å². The third-order valence-electron chi connectivity index (χ3n) is 4.22. The second-order valence-corrected chi connectivity index (χ2v) is 5.32. The van der Waals surface area contributed by atoms with Crippen molar-refractivity contribution < 1.29 is 4.79 Å². The van der Waals surface area contributed by atoms with Crippen LogP contribution in [0.1, 0.15) is 6.42 Å². The lowest BCUT2D eigenvalue weighted by atomic mass is 9.92. The van der Waals surface area contributed by atoms with E-state index in [2.05, 4.69) is 17.3 Å². The summed E-state index contributed by atoms with van der Waals surface area (Å²) in [7, 11) is 2.06. The molecule has 4 nitrogen and oxygen atoms in total. The van der Waals surface area contributed by atoms with Crippen LogP contribution in [-0.2, 0) is 4.79 Å². The molecule has 1 spiro atoms. The number of para-hydroxylation sites is 1. The fourth-order valence-corrected chi connectivity index (χ4v) is 2.99. The van der Waals surface area contributed by atoms with Crippen molar-refractivity contribution in [3.05, 3.63) is 30.3 Å². The molecule has 18 heavy (non-hydrogen) atoms. The van der Waals surface area contributed by atoms with Crippen molar-refractivity contribution in [3.8, 4) is 0 Å². The quantitative estimate of drug-likeness (QED) is 0.791. The summed E-state index contributed by atoms with van der Waals surface area (Å²) in [5.74, 6) is 0.196. The summed E-state index contributed by atoms with van der Waals surface area (Å²) in [6.45, 7) is 3.32. The molecule has 4 heteroatoms. The van der Waals surface area contributed by atoms with Gasteiger partial charge in [0.25, 0.3) is 0 Å². The van der Waals surface area contributed by atoms with E-state index in [1.54, 1.807) is 0 Å². The van der Waals surface area contributed by atoms with Crippen molar-refractivity contribution in [2.45, 2.75) is 12.0 Å². The zero-order chi connectivity index (χ0) is 12.6. The van der Waals surface area contributed by atoms with Gasteiger partial charge in [-0.1, -0.05) is 18.2 Å². The minimum Gasteiger partial charge on any atom is -0.315 e. The van der Waals surface area contributed by atoms with Gasteiger partial charge in [0.1, 0.15) is 0 Å². The van der Waals surface area contributed by atoms with Crippen LogP contribution >= 0.6 is 0 Å². The minimum absolute atomic E-state index is 0.115. The average molecular weight is 245 g/mol. The fraction of sp³-hybridized carbons (Fsp3) is 0.500. The smallest absolute Gasteiger partial charge is 0.241 e. The minimum atomic E-state index is 0.115. The van der Waals surface area contributed by atoms with E-state index in [9.17, 15) is 4.79 Å². The molecule has 1 amide bonds. The Morgan fingerprint density at radius 1 is 1.28 bits per heavy atom. The predicted molar refractivity (Wildman–Crippen MR) is 71.6 cm³/mol. The van der Waals surface area contributed by atoms with E-state index in [0.29, 0.717) is 6.54 Å². The molecular weight excluding hydrogens is 226 g/mol. The van der Waals surface area contributed by atoms with Gasteiger partial charge in [-0.15, -0.1) is 0 Å². The molecule has 2 aliphatic rings. The Balaban J connectivity index is 1.89. The number of carbonyl (C=O) groups excluding carboxylic acids is 1. The number of nitrogens with zero attached hydrogens (tertiary/aromatic N) is 2. The highest BCUT2D eigenvalue weighted by molar-refractivity contribution is 5.96. The number of anilines is 1. The van der Waals surface area contributed by atoms with Crippen LogP contribution in [0.4, 0.5) is 5.69 Å². The van der Waals surface area contributed by atoms with E-state index in [1.165, 1.54) is 0 Å². The normalized spacial score (nSPS) is 29.2. The third kappa shape index (κ3) is 1.82. The topological polar surface area (TPSA) is 35.6 Å². The summed E-state index contributed by atoms with van der Waals surface area (Å²) < 4.78 is 0. The summed E-state index contributed by atoms with van der Waals surface area (Å²) in [6.07, 6.45) is 1.11. The first-order chi connectivity index (χ1) is 8.71. The van der Waals surface area contributed by atoms with Crippen LogP contribution in [0.5, 0.6) is 0 Å². The number of amides is 1. The Bertz CT molecular complexity index is 440. The van der Waals surface area contributed by atoms with Crippen molar-refractivity contribution >= 4 is 11.6 Å². The first kappa shape index (κ1) is 11.7. The van der Waals surface area contributed by atoms with Gasteiger partial charge in [-0.3, -0.25) is 9.69 Å². The third-order valence-corrected chi connectivity index (χ3v) is 4.22. The molecule has 2 aliphatic heterocycles. The largest absolute Gasteiger partial charge is 0.315 e. The standard InChI is InChI=1S/C14H19N3O/c1-16-9-13(18)17(12-5-3-2-4-6-12)11-14(16)7-8-15-10-14/h2-6,15H,7-11H2,1H3/t14-/m1/s1. The number of hydrogen-bond donors (Lipinski definition) is 1. The molecule has 1 atom stereocenters. The van der Waals surface area contributed by atoms with Crippen LogP contribution < -0.4 is 10.2 Å². The van der Waals surface area contributed by atoms with Gasteiger partial charge in [0.05, 0.1) is 12.1 Å². The summed E-state index contributed by atoms with van der Waals surface area (Å²) >= 11 is 0. The molecule has 0 aromatic heterocycles. The SMILES string of the molecule is CN1CC(=O)N(c2ccccc2)C[C@]12CCNC2. The molecule has 0 bridgehead atoms. The zero-order valence-electron chi connectivity index (χ0n) is 10.7. The fourth-order valence-electron chi connectivity index (χ4n) is 2.99. The molecule has 0 saturated carbocycles. The second kappa shape index (κ2) is 4.37. The molecule has 2 saturated heterocycles. The number of benzene rings is 1. The molecule has 1 aromatic carbocycles. The molecule has 0 radical (unpaired) electrons. The lowest BCUT2D eigenvalue weighted by molar-refractivity contribution is -0.123. The van der Waals surface area contributed by atoms with Gasteiger partial charge in [0, 0.05) is 18.8 Å². The number of nitrogens with one attached hydrogen (secondary N) is 1. The summed E-state index contributed by atoms with van der Waals surface area (Å²) in [4.78, 5) is 16.4. The lowest BCUT2D eigenvalue weighted by Gasteiger charge is -2.46. The van der Waals surface area contributed by atoms with Crippen LogP contribution in [0, 0.1) is 0 Å². The Morgan fingerprint density at radius 3 is 2.72 bits per heavy atom. The summed E-state index contributed by atoms with van der Waals surface area (Å²) in [5.41, 5.74) is 1.13. The van der Waals surface area contributed by atoms with E-state index >= 15 is 0 Å². The highest BCUT2D eigenvalue weighted by Gasteiger charge is 2.44. The van der Waals surface area contributed by atoms with Gasteiger partial charge >= 0.3 is 0 Å². The molecule has 0 aliphatic carbocycles. The number of likely N-dealkylation sites (N-methyl/N-ethyl adjacent to an activating group) is 1. The van der Waals surface area contributed by atoms with Crippen LogP contribution in [0.3, 0.4) is 0 Å². The number of hydrogen-bond acceptors (Lipinski definition) is 3. The Morgan fingerprint density at radius 2 is 2.06 bits per heavy atom. The van der Waals surface area contributed by atoms with Crippen molar-refractivity contribution in [1.29, 1.82) is 0 Å². The van der Waals surface area contributed by atoms with Gasteiger partial charge in [-0.2, -0.15) is 0 Å². The number of carbonyl (C=O) groups is 1. The van der Waals surface area contributed by atoms with Gasteiger partial charge in [0.2, 0.25) is 5.91 Å². The molecule has 1 N–H and O–H groups in total. The highest BCUT2D eigenvalue weighted by Crippen LogP contribution is 2.29. The van der Waals surface area contributed by atoms with Crippen LogP contribution in [0.2, 0.25) is 0 Å². The van der Waals surface area contributed by atoms with Crippen molar-refractivity contribution in [3.63, 3.8) is 0 Å². The maximum Gasteiger partial charge on any atom is 0.241 e. The first-order valence-corrected chi connectivity index (χ1v) is 6.49. The lowest BCUT2D eigenvalue weighted by Crippen LogP contribution is -2.64. The Labute approximate surface area is 108 Å². The summed E-state index contributed by atoms with van der Waals surface area (Å²) in [6, 6.07) is 9.98. The predicted octanol–water partition coefficient (Wildman–Crippen LogP) is 0.697. The molecule has 2 heterocycles. The van der Waals surface area contributed by atoms with E-state index in [4.69, 9.17) is 0 Å². The maximum atomic E-state index is 12.2. The Kier molecular flexibility index (Phi) is 2.84. The van der Waals surface area contributed by atoms with E-state index in [-0.39, 0.29) is 11.4 Å². The number of piperazine rings is 1. The summed E-state index contributed by atoms with van der Waals surface area (Å²) in [5, 5.41) is 3.42. The molecule has 3 rings (SSSR count). The molecule has 0 unspecified atom stereocenters. The second-order valence-electron chi connectivity index (χ2n) is 5.32. The van der Waals surface area contributed by atoms with Gasteiger partial charge in [-0.25, -0.2) is 0 Å². The van der Waals surface area contributed by atoms with E-state index < -0.39 is 0 Å². The maximum absolute atomic E-state index is 12.2. The molecule has 96 valence electrons. The molecular formula is C14H19N3O. The van der Waals surface area contributed by atoms with Crippen molar-refractivity contribution in [2.24, 2.45) is 0 Å². The zero-order valence-corrected chi connectivity index (χ0v) is 10.7. The molecule has 2 fully saturated rings. The van der Waals surface area contributed by atoms with E-state index in [1.807, 2.05) is 35.2 Å². The van der Waals surface area contributed by atoms with Crippen molar-refractivity contribution in [2.75, 3.05) is 38.1 Å².